The highest BCUT2D eigenvalue weighted by Gasteiger charge is 2.17. The molecule has 3 aromatic carbocycles. The average Bonchev–Trinajstić information content (AvgIpc) is 2.81. The first-order valence-electron chi connectivity index (χ1n) is 10.1. The van der Waals surface area contributed by atoms with Crippen molar-refractivity contribution in [2.75, 3.05) is 24.6 Å². The standard InChI is InChI=1S/C25H25FN2O3/c26-22-12-14-23(15-13-22)28(25(30)21-10-5-2-6-11-21)17-7-16-27-24(29)19-31-18-20-8-3-1-4-9-20/h1-6,8-15H,7,16-19H2,(H,27,29). The molecular weight excluding hydrogens is 395 g/mol. The van der Waals surface area contributed by atoms with Gasteiger partial charge in [0.2, 0.25) is 5.91 Å². The van der Waals surface area contributed by atoms with Gasteiger partial charge in [-0.05, 0) is 48.4 Å². The summed E-state index contributed by atoms with van der Waals surface area (Å²) in [4.78, 5) is 26.5. The van der Waals surface area contributed by atoms with Crippen molar-refractivity contribution in [2.24, 2.45) is 0 Å². The first-order valence-corrected chi connectivity index (χ1v) is 10.1. The Morgan fingerprint density at radius 1 is 0.871 bits per heavy atom. The number of benzene rings is 3. The number of nitrogens with zero attached hydrogens (tertiary/aromatic N) is 1. The smallest absolute Gasteiger partial charge is 0.258 e. The molecular formula is C25H25FN2O3. The minimum Gasteiger partial charge on any atom is -0.367 e. The lowest BCUT2D eigenvalue weighted by Gasteiger charge is -2.23. The lowest BCUT2D eigenvalue weighted by molar-refractivity contribution is -0.126. The van der Waals surface area contributed by atoms with Crippen LogP contribution >= 0.6 is 0 Å². The molecule has 0 fully saturated rings. The van der Waals surface area contributed by atoms with Gasteiger partial charge in [0.15, 0.2) is 0 Å². The predicted molar refractivity (Wildman–Crippen MR) is 118 cm³/mol. The molecule has 160 valence electrons. The third kappa shape index (κ3) is 7.04. The molecule has 1 N–H and O–H groups in total. The third-order valence-corrected chi connectivity index (χ3v) is 4.63. The molecule has 0 radical (unpaired) electrons. The van der Waals surface area contributed by atoms with E-state index in [0.29, 0.717) is 37.4 Å². The number of amides is 2. The van der Waals surface area contributed by atoms with Crippen molar-refractivity contribution in [3.63, 3.8) is 0 Å². The Labute approximate surface area is 181 Å². The molecule has 3 aromatic rings. The Balaban J connectivity index is 1.49. The van der Waals surface area contributed by atoms with E-state index in [-0.39, 0.29) is 24.2 Å². The maximum absolute atomic E-state index is 13.3. The second-order valence-corrected chi connectivity index (χ2v) is 6.98. The summed E-state index contributed by atoms with van der Waals surface area (Å²) in [6.45, 7) is 1.12. The van der Waals surface area contributed by atoms with Gasteiger partial charge in [-0.2, -0.15) is 0 Å². The Morgan fingerprint density at radius 2 is 1.52 bits per heavy atom. The minimum absolute atomic E-state index is 0.0283. The van der Waals surface area contributed by atoms with E-state index < -0.39 is 0 Å². The topological polar surface area (TPSA) is 58.6 Å². The van der Waals surface area contributed by atoms with Crippen molar-refractivity contribution in [1.82, 2.24) is 5.32 Å². The van der Waals surface area contributed by atoms with Gasteiger partial charge in [-0.3, -0.25) is 9.59 Å². The van der Waals surface area contributed by atoms with Crippen LogP contribution in [0.25, 0.3) is 0 Å². The molecule has 0 unspecified atom stereocenters. The molecule has 0 aromatic heterocycles. The second kappa shape index (κ2) is 11.6. The van der Waals surface area contributed by atoms with Crippen LogP contribution in [0.5, 0.6) is 0 Å². The normalized spacial score (nSPS) is 10.5. The summed E-state index contributed by atoms with van der Waals surface area (Å²) in [6, 6.07) is 24.4. The molecule has 0 heterocycles. The van der Waals surface area contributed by atoms with Gasteiger partial charge in [-0.15, -0.1) is 0 Å². The highest BCUT2D eigenvalue weighted by Crippen LogP contribution is 2.18. The molecule has 0 saturated heterocycles. The number of ether oxygens (including phenoxy) is 1. The van der Waals surface area contributed by atoms with Gasteiger partial charge in [-0.1, -0.05) is 48.5 Å². The number of rotatable bonds is 10. The van der Waals surface area contributed by atoms with Crippen LogP contribution in [0.2, 0.25) is 0 Å². The van der Waals surface area contributed by atoms with Gasteiger partial charge in [0, 0.05) is 24.3 Å². The summed E-state index contributed by atoms with van der Waals surface area (Å²) in [6.07, 6.45) is 0.542. The molecule has 0 aliphatic rings. The van der Waals surface area contributed by atoms with Crippen molar-refractivity contribution >= 4 is 17.5 Å². The van der Waals surface area contributed by atoms with Crippen molar-refractivity contribution in [1.29, 1.82) is 0 Å². The fraction of sp³-hybridized carbons (Fsp3) is 0.200. The summed E-state index contributed by atoms with van der Waals surface area (Å²) in [5.41, 5.74) is 2.16. The molecule has 5 nitrogen and oxygen atoms in total. The number of carbonyl (C=O) groups is 2. The molecule has 31 heavy (non-hydrogen) atoms. The van der Waals surface area contributed by atoms with Crippen LogP contribution in [-0.4, -0.2) is 31.5 Å². The van der Waals surface area contributed by atoms with Crippen LogP contribution in [0.15, 0.2) is 84.9 Å². The zero-order valence-corrected chi connectivity index (χ0v) is 17.2. The number of carbonyl (C=O) groups excluding carboxylic acids is 2. The molecule has 6 heteroatoms. The average molecular weight is 420 g/mol. The number of halogens is 1. The van der Waals surface area contributed by atoms with E-state index >= 15 is 0 Å². The molecule has 0 aliphatic carbocycles. The van der Waals surface area contributed by atoms with Crippen molar-refractivity contribution < 1.29 is 18.7 Å². The van der Waals surface area contributed by atoms with E-state index in [2.05, 4.69) is 5.32 Å². The lowest BCUT2D eigenvalue weighted by Crippen LogP contribution is -2.35. The van der Waals surface area contributed by atoms with Crippen LogP contribution in [0, 0.1) is 5.82 Å². The van der Waals surface area contributed by atoms with Crippen LogP contribution in [0.1, 0.15) is 22.3 Å². The Bertz CT molecular complexity index is 963. The predicted octanol–water partition coefficient (Wildman–Crippen LogP) is 4.20. The van der Waals surface area contributed by atoms with Gasteiger partial charge in [0.05, 0.1) is 6.61 Å². The van der Waals surface area contributed by atoms with E-state index in [4.69, 9.17) is 4.74 Å². The minimum atomic E-state index is -0.362. The summed E-state index contributed by atoms with van der Waals surface area (Å²) >= 11 is 0. The van der Waals surface area contributed by atoms with E-state index in [1.54, 1.807) is 41.3 Å². The number of hydrogen-bond acceptors (Lipinski definition) is 3. The quantitative estimate of drug-likeness (QED) is 0.500. The monoisotopic (exact) mass is 420 g/mol. The Kier molecular flexibility index (Phi) is 8.31. The molecule has 0 saturated carbocycles. The molecule has 0 aliphatic heterocycles. The summed E-state index contributed by atoms with van der Waals surface area (Å²) in [5.74, 6) is -0.748. The van der Waals surface area contributed by atoms with Crippen molar-refractivity contribution in [2.45, 2.75) is 13.0 Å². The highest BCUT2D eigenvalue weighted by molar-refractivity contribution is 6.06. The SMILES string of the molecule is O=C(COCc1ccccc1)NCCCN(C(=O)c1ccccc1)c1ccc(F)cc1. The van der Waals surface area contributed by atoms with E-state index in [9.17, 15) is 14.0 Å². The Morgan fingerprint density at radius 3 is 2.19 bits per heavy atom. The summed E-state index contributed by atoms with van der Waals surface area (Å²) in [7, 11) is 0. The summed E-state index contributed by atoms with van der Waals surface area (Å²) in [5, 5.41) is 2.80. The second-order valence-electron chi connectivity index (χ2n) is 6.98. The van der Waals surface area contributed by atoms with E-state index in [0.717, 1.165) is 5.56 Å². The van der Waals surface area contributed by atoms with Gasteiger partial charge in [0.25, 0.3) is 5.91 Å². The zero-order chi connectivity index (χ0) is 21.9. The van der Waals surface area contributed by atoms with Crippen LogP contribution in [-0.2, 0) is 16.1 Å². The first-order chi connectivity index (χ1) is 15.1. The molecule has 3 rings (SSSR count). The van der Waals surface area contributed by atoms with Gasteiger partial charge in [0.1, 0.15) is 12.4 Å². The fourth-order valence-electron chi connectivity index (χ4n) is 3.06. The highest BCUT2D eigenvalue weighted by atomic mass is 19.1. The van der Waals surface area contributed by atoms with Crippen molar-refractivity contribution in [3.05, 3.63) is 102 Å². The number of hydrogen-bond donors (Lipinski definition) is 1. The molecule has 0 atom stereocenters. The number of nitrogens with one attached hydrogen (secondary N) is 1. The van der Waals surface area contributed by atoms with Crippen LogP contribution in [0.4, 0.5) is 10.1 Å². The zero-order valence-electron chi connectivity index (χ0n) is 17.2. The van der Waals surface area contributed by atoms with Gasteiger partial charge < -0.3 is 15.0 Å². The van der Waals surface area contributed by atoms with E-state index in [1.165, 1.54) is 12.1 Å². The fourth-order valence-corrected chi connectivity index (χ4v) is 3.06. The van der Waals surface area contributed by atoms with E-state index in [1.807, 2.05) is 36.4 Å². The largest absolute Gasteiger partial charge is 0.367 e. The Hall–Kier alpha value is -3.51. The van der Waals surface area contributed by atoms with Crippen molar-refractivity contribution in [3.8, 4) is 0 Å². The van der Waals surface area contributed by atoms with Crippen LogP contribution in [0.3, 0.4) is 0 Å². The van der Waals surface area contributed by atoms with Gasteiger partial charge in [-0.25, -0.2) is 4.39 Å². The maximum atomic E-state index is 13.3. The molecule has 2 amide bonds. The molecule has 0 spiro atoms. The first kappa shape index (κ1) is 22.2. The number of anilines is 1. The van der Waals surface area contributed by atoms with Crippen LogP contribution < -0.4 is 10.2 Å². The maximum Gasteiger partial charge on any atom is 0.258 e. The molecule has 0 bridgehead atoms. The summed E-state index contributed by atoms with van der Waals surface area (Å²) < 4.78 is 18.7. The third-order valence-electron chi connectivity index (χ3n) is 4.63. The lowest BCUT2D eigenvalue weighted by atomic mass is 10.1. The van der Waals surface area contributed by atoms with Gasteiger partial charge >= 0.3 is 0 Å².